The van der Waals surface area contributed by atoms with Gasteiger partial charge in [0.15, 0.2) is 0 Å². The molecule has 0 aliphatic carbocycles. The van der Waals surface area contributed by atoms with Crippen molar-refractivity contribution in [2.45, 2.75) is 26.2 Å². The molecule has 0 aliphatic rings. The number of nitrogens with zero attached hydrogens (tertiary/aromatic N) is 2. The molecule has 106 valence electrons. The quantitative estimate of drug-likeness (QED) is 0.776. The summed E-state index contributed by atoms with van der Waals surface area (Å²) < 4.78 is 0. The number of unbranched alkanes of at least 4 members (excludes halogenated alkanes) is 1. The summed E-state index contributed by atoms with van der Waals surface area (Å²) >= 11 is 0. The van der Waals surface area contributed by atoms with Gasteiger partial charge in [0.1, 0.15) is 11.3 Å². The molecule has 1 aromatic carbocycles. The highest BCUT2D eigenvalue weighted by Crippen LogP contribution is 2.29. The Labute approximate surface area is 124 Å². The van der Waals surface area contributed by atoms with Crippen LogP contribution in [0.25, 0.3) is 22.0 Å². The van der Waals surface area contributed by atoms with Gasteiger partial charge in [0.2, 0.25) is 0 Å². The van der Waals surface area contributed by atoms with Gasteiger partial charge in [-0.2, -0.15) is 0 Å². The van der Waals surface area contributed by atoms with Gasteiger partial charge in [-0.3, -0.25) is 4.98 Å². The lowest BCUT2D eigenvalue weighted by atomic mass is 10.00. The summed E-state index contributed by atoms with van der Waals surface area (Å²) in [4.78, 5) is 8.61. The van der Waals surface area contributed by atoms with Crippen molar-refractivity contribution in [1.82, 2.24) is 9.97 Å². The fraction of sp³-hybridized carbons (Fsp3) is 0.222. The van der Waals surface area contributed by atoms with E-state index in [1.165, 1.54) is 18.4 Å². The zero-order valence-electron chi connectivity index (χ0n) is 12.2. The SMILES string of the molecule is CCCCc1ccc(-c2cnc(N)c3ncccc23)cc1. The molecule has 0 saturated heterocycles. The third kappa shape index (κ3) is 2.72. The number of rotatable bonds is 4. The van der Waals surface area contributed by atoms with Crippen molar-refractivity contribution in [3.63, 3.8) is 0 Å². The van der Waals surface area contributed by atoms with E-state index in [0.29, 0.717) is 5.82 Å². The molecule has 0 amide bonds. The van der Waals surface area contributed by atoms with Crippen LogP contribution in [0.4, 0.5) is 5.82 Å². The summed E-state index contributed by atoms with van der Waals surface area (Å²) in [6.45, 7) is 2.22. The number of nitrogen functional groups attached to an aromatic ring is 1. The second kappa shape index (κ2) is 5.92. The van der Waals surface area contributed by atoms with Gasteiger partial charge in [0.05, 0.1) is 0 Å². The summed E-state index contributed by atoms with van der Waals surface area (Å²) in [6, 6.07) is 12.7. The first kappa shape index (κ1) is 13.6. The largest absolute Gasteiger partial charge is 0.382 e. The van der Waals surface area contributed by atoms with Crippen LogP contribution in [0.5, 0.6) is 0 Å². The molecule has 0 saturated carbocycles. The minimum absolute atomic E-state index is 0.480. The van der Waals surface area contributed by atoms with Gasteiger partial charge >= 0.3 is 0 Å². The Morgan fingerprint density at radius 1 is 1.05 bits per heavy atom. The second-order valence-electron chi connectivity index (χ2n) is 5.26. The maximum atomic E-state index is 5.91. The lowest BCUT2D eigenvalue weighted by molar-refractivity contribution is 0.795. The normalized spacial score (nSPS) is 10.9. The van der Waals surface area contributed by atoms with Crippen LogP contribution >= 0.6 is 0 Å². The number of hydrogen-bond donors (Lipinski definition) is 1. The van der Waals surface area contributed by atoms with Crippen LogP contribution in [-0.4, -0.2) is 9.97 Å². The summed E-state index contributed by atoms with van der Waals surface area (Å²) in [5, 5.41) is 1.05. The van der Waals surface area contributed by atoms with Crippen LogP contribution in [0.1, 0.15) is 25.3 Å². The number of nitrogens with two attached hydrogens (primary N) is 1. The van der Waals surface area contributed by atoms with Gasteiger partial charge in [-0.25, -0.2) is 4.98 Å². The van der Waals surface area contributed by atoms with Crippen molar-refractivity contribution in [3.05, 3.63) is 54.4 Å². The fourth-order valence-electron chi connectivity index (χ4n) is 2.55. The second-order valence-corrected chi connectivity index (χ2v) is 5.26. The Morgan fingerprint density at radius 3 is 2.62 bits per heavy atom. The minimum atomic E-state index is 0.480. The predicted octanol–water partition coefficient (Wildman–Crippen LogP) is 4.22. The van der Waals surface area contributed by atoms with Crippen molar-refractivity contribution >= 4 is 16.7 Å². The third-order valence-electron chi connectivity index (χ3n) is 3.76. The summed E-state index contributed by atoms with van der Waals surface area (Å²) in [6.07, 6.45) is 7.17. The van der Waals surface area contributed by atoms with Crippen LogP contribution in [-0.2, 0) is 6.42 Å². The minimum Gasteiger partial charge on any atom is -0.382 e. The third-order valence-corrected chi connectivity index (χ3v) is 3.76. The molecular weight excluding hydrogens is 258 g/mol. The van der Waals surface area contributed by atoms with Gasteiger partial charge in [0, 0.05) is 23.3 Å². The van der Waals surface area contributed by atoms with Crippen LogP contribution in [0.2, 0.25) is 0 Å². The Hall–Kier alpha value is -2.42. The number of aryl methyl sites for hydroxylation is 1. The maximum Gasteiger partial charge on any atom is 0.149 e. The number of hydrogen-bond acceptors (Lipinski definition) is 3. The van der Waals surface area contributed by atoms with Gasteiger partial charge < -0.3 is 5.73 Å². The standard InChI is InChI=1S/C18H19N3/c1-2-3-5-13-7-9-14(10-8-13)16-12-21-18(19)17-15(16)6-4-11-20-17/h4,6-12H,2-3,5H2,1H3,(H2,19,21). The van der Waals surface area contributed by atoms with Gasteiger partial charge in [-0.15, -0.1) is 0 Å². The topological polar surface area (TPSA) is 51.8 Å². The molecule has 0 fully saturated rings. The smallest absolute Gasteiger partial charge is 0.149 e. The molecular formula is C18H19N3. The van der Waals surface area contributed by atoms with Gasteiger partial charge in [0.25, 0.3) is 0 Å². The first-order chi connectivity index (χ1) is 10.3. The number of fused-ring (bicyclic) bond motifs is 1. The van der Waals surface area contributed by atoms with Crippen LogP contribution in [0.3, 0.4) is 0 Å². The molecule has 0 bridgehead atoms. The molecule has 0 unspecified atom stereocenters. The Kier molecular flexibility index (Phi) is 3.82. The van der Waals surface area contributed by atoms with E-state index >= 15 is 0 Å². The van der Waals surface area contributed by atoms with Crippen LogP contribution in [0.15, 0.2) is 48.8 Å². The number of pyridine rings is 2. The highest BCUT2D eigenvalue weighted by molar-refractivity contribution is 5.98. The fourth-order valence-corrected chi connectivity index (χ4v) is 2.55. The van der Waals surface area contributed by atoms with Crippen molar-refractivity contribution in [2.75, 3.05) is 5.73 Å². The van der Waals surface area contributed by atoms with E-state index in [4.69, 9.17) is 5.73 Å². The molecule has 3 heteroatoms. The molecule has 0 spiro atoms. The van der Waals surface area contributed by atoms with E-state index in [1.807, 2.05) is 18.3 Å². The number of anilines is 1. The van der Waals surface area contributed by atoms with Crippen LogP contribution < -0.4 is 5.73 Å². The molecule has 0 aliphatic heterocycles. The average molecular weight is 277 g/mol. The van der Waals surface area contributed by atoms with Crippen molar-refractivity contribution in [1.29, 1.82) is 0 Å². The number of aromatic nitrogens is 2. The monoisotopic (exact) mass is 277 g/mol. The molecule has 3 rings (SSSR count). The average Bonchev–Trinajstić information content (AvgIpc) is 2.54. The van der Waals surface area contributed by atoms with E-state index in [0.717, 1.165) is 28.5 Å². The molecule has 21 heavy (non-hydrogen) atoms. The van der Waals surface area contributed by atoms with E-state index in [1.54, 1.807) is 6.20 Å². The van der Waals surface area contributed by atoms with E-state index in [9.17, 15) is 0 Å². The van der Waals surface area contributed by atoms with Crippen molar-refractivity contribution in [3.8, 4) is 11.1 Å². The summed E-state index contributed by atoms with van der Waals surface area (Å²) in [5.41, 5.74) is 10.3. The Morgan fingerprint density at radius 2 is 1.86 bits per heavy atom. The molecule has 2 N–H and O–H groups in total. The first-order valence-electron chi connectivity index (χ1n) is 7.38. The van der Waals surface area contributed by atoms with Crippen LogP contribution in [0, 0.1) is 0 Å². The lowest BCUT2D eigenvalue weighted by Gasteiger charge is -2.08. The predicted molar refractivity (Wildman–Crippen MR) is 88.0 cm³/mol. The van der Waals surface area contributed by atoms with Gasteiger partial charge in [-0.1, -0.05) is 43.7 Å². The van der Waals surface area contributed by atoms with Crippen molar-refractivity contribution in [2.24, 2.45) is 0 Å². The highest BCUT2D eigenvalue weighted by Gasteiger charge is 2.08. The molecule has 0 atom stereocenters. The van der Waals surface area contributed by atoms with E-state index in [2.05, 4.69) is 41.2 Å². The number of benzene rings is 1. The lowest BCUT2D eigenvalue weighted by Crippen LogP contribution is -1.95. The van der Waals surface area contributed by atoms with Gasteiger partial charge in [-0.05, 0) is 30.0 Å². The molecule has 2 aromatic heterocycles. The highest BCUT2D eigenvalue weighted by atomic mass is 14.9. The molecule has 3 nitrogen and oxygen atoms in total. The molecule has 0 radical (unpaired) electrons. The Balaban J connectivity index is 2.02. The summed E-state index contributed by atoms with van der Waals surface area (Å²) in [5.74, 6) is 0.480. The first-order valence-corrected chi connectivity index (χ1v) is 7.38. The maximum absolute atomic E-state index is 5.91. The molecule has 2 heterocycles. The zero-order chi connectivity index (χ0) is 14.7. The van der Waals surface area contributed by atoms with E-state index < -0.39 is 0 Å². The Bertz CT molecular complexity index is 748. The summed E-state index contributed by atoms with van der Waals surface area (Å²) in [7, 11) is 0. The molecule has 3 aromatic rings. The zero-order valence-corrected chi connectivity index (χ0v) is 12.2. The van der Waals surface area contributed by atoms with E-state index in [-0.39, 0.29) is 0 Å². The van der Waals surface area contributed by atoms with Crippen molar-refractivity contribution < 1.29 is 0 Å².